The van der Waals surface area contributed by atoms with E-state index in [0.717, 1.165) is 25.1 Å². The molecule has 0 atom stereocenters. The van der Waals surface area contributed by atoms with Crippen molar-refractivity contribution in [3.05, 3.63) is 59.7 Å². The van der Waals surface area contributed by atoms with Gasteiger partial charge in [-0.1, -0.05) is 24.3 Å². The van der Waals surface area contributed by atoms with E-state index in [1.165, 1.54) is 17.7 Å². The summed E-state index contributed by atoms with van der Waals surface area (Å²) >= 11 is 0. The number of rotatable bonds is 6. The van der Waals surface area contributed by atoms with Gasteiger partial charge in [0.05, 0.1) is 6.20 Å². The van der Waals surface area contributed by atoms with Crippen molar-refractivity contribution in [2.45, 2.75) is 6.42 Å². The van der Waals surface area contributed by atoms with Crippen LogP contribution in [0, 0.1) is 5.82 Å². The minimum absolute atomic E-state index is 0.198. The number of aromatic nitrogens is 2. The van der Waals surface area contributed by atoms with Crippen LogP contribution in [0.1, 0.15) is 11.1 Å². The van der Waals surface area contributed by atoms with Crippen molar-refractivity contribution in [1.29, 1.82) is 0 Å². The molecule has 2 aromatic rings. The summed E-state index contributed by atoms with van der Waals surface area (Å²) in [6.07, 6.45) is 9.05. The quantitative estimate of drug-likeness (QED) is 0.807. The van der Waals surface area contributed by atoms with Crippen molar-refractivity contribution >= 4 is 6.08 Å². The lowest BCUT2D eigenvalue weighted by Crippen LogP contribution is -2.21. The zero-order valence-electron chi connectivity index (χ0n) is 12.0. The van der Waals surface area contributed by atoms with Crippen molar-refractivity contribution in [3.63, 3.8) is 0 Å². The lowest BCUT2D eigenvalue weighted by atomic mass is 10.2. The summed E-state index contributed by atoms with van der Waals surface area (Å²) in [5, 5.41) is 4.16. The SMILES string of the molecule is CN(C/C=C/c1ccc(F)cc1)CCc1cnn(C)c1. The largest absolute Gasteiger partial charge is 0.302 e. The Balaban J connectivity index is 1.74. The number of nitrogens with zero attached hydrogens (tertiary/aromatic N) is 3. The molecule has 1 heterocycles. The highest BCUT2D eigenvalue weighted by Gasteiger charge is 1.99. The first kappa shape index (κ1) is 14.5. The lowest BCUT2D eigenvalue weighted by molar-refractivity contribution is 0.375. The molecule has 0 aliphatic rings. The van der Waals surface area contributed by atoms with Crippen LogP contribution < -0.4 is 0 Å². The normalized spacial score (nSPS) is 11.6. The highest BCUT2D eigenvalue weighted by Crippen LogP contribution is 2.05. The third-order valence-corrected chi connectivity index (χ3v) is 3.14. The van der Waals surface area contributed by atoms with Crippen LogP contribution >= 0.6 is 0 Å². The van der Waals surface area contributed by atoms with Crippen LogP contribution in [0.3, 0.4) is 0 Å². The molecule has 1 aromatic carbocycles. The molecule has 1 aromatic heterocycles. The summed E-state index contributed by atoms with van der Waals surface area (Å²) in [6.45, 7) is 1.86. The first-order valence-electron chi connectivity index (χ1n) is 6.71. The van der Waals surface area contributed by atoms with Crippen LogP contribution in [0.15, 0.2) is 42.7 Å². The van der Waals surface area contributed by atoms with Gasteiger partial charge in [-0.05, 0) is 36.7 Å². The van der Waals surface area contributed by atoms with E-state index in [1.807, 2.05) is 30.2 Å². The van der Waals surface area contributed by atoms with Gasteiger partial charge in [-0.15, -0.1) is 0 Å². The summed E-state index contributed by atoms with van der Waals surface area (Å²) in [4.78, 5) is 2.24. The van der Waals surface area contributed by atoms with Gasteiger partial charge in [-0.2, -0.15) is 5.10 Å². The Morgan fingerprint density at radius 2 is 2.05 bits per heavy atom. The first-order chi connectivity index (χ1) is 9.63. The maximum atomic E-state index is 12.8. The minimum Gasteiger partial charge on any atom is -0.302 e. The molecule has 0 saturated carbocycles. The lowest BCUT2D eigenvalue weighted by Gasteiger charge is -2.13. The molecule has 3 nitrogen and oxygen atoms in total. The molecule has 0 saturated heterocycles. The molecule has 0 unspecified atom stereocenters. The van der Waals surface area contributed by atoms with Gasteiger partial charge in [-0.3, -0.25) is 4.68 Å². The second-order valence-electron chi connectivity index (χ2n) is 4.99. The molecule has 0 bridgehead atoms. The molecule has 20 heavy (non-hydrogen) atoms. The summed E-state index contributed by atoms with van der Waals surface area (Å²) in [7, 11) is 4.02. The van der Waals surface area contributed by atoms with Crippen LogP contribution in [0.2, 0.25) is 0 Å². The predicted molar refractivity (Wildman–Crippen MR) is 79.8 cm³/mol. The average molecular weight is 273 g/mol. The topological polar surface area (TPSA) is 21.1 Å². The van der Waals surface area contributed by atoms with Gasteiger partial charge >= 0.3 is 0 Å². The molecule has 0 fully saturated rings. The number of hydrogen-bond donors (Lipinski definition) is 0. The van der Waals surface area contributed by atoms with Crippen LogP contribution in [-0.2, 0) is 13.5 Å². The van der Waals surface area contributed by atoms with Crippen molar-refractivity contribution in [1.82, 2.24) is 14.7 Å². The maximum absolute atomic E-state index is 12.8. The Kier molecular flexibility index (Phi) is 5.07. The van der Waals surface area contributed by atoms with Gasteiger partial charge < -0.3 is 4.90 Å². The fourth-order valence-corrected chi connectivity index (χ4v) is 1.95. The van der Waals surface area contributed by atoms with Crippen LogP contribution in [-0.4, -0.2) is 34.8 Å². The van der Waals surface area contributed by atoms with E-state index in [9.17, 15) is 4.39 Å². The van der Waals surface area contributed by atoms with Gasteiger partial charge in [-0.25, -0.2) is 4.39 Å². The van der Waals surface area contributed by atoms with Gasteiger partial charge in [0.1, 0.15) is 5.82 Å². The second-order valence-corrected chi connectivity index (χ2v) is 4.99. The van der Waals surface area contributed by atoms with Crippen molar-refractivity contribution in [2.75, 3.05) is 20.1 Å². The molecular formula is C16H20FN3. The zero-order valence-corrected chi connectivity index (χ0v) is 12.0. The molecule has 0 aliphatic heterocycles. The Morgan fingerprint density at radius 1 is 1.30 bits per heavy atom. The number of aryl methyl sites for hydroxylation is 1. The first-order valence-corrected chi connectivity index (χ1v) is 6.71. The predicted octanol–water partition coefficient (Wildman–Crippen LogP) is 2.75. The van der Waals surface area contributed by atoms with Crippen molar-refractivity contribution < 1.29 is 4.39 Å². The highest BCUT2D eigenvalue weighted by atomic mass is 19.1. The van der Waals surface area contributed by atoms with Gasteiger partial charge in [0.15, 0.2) is 0 Å². The smallest absolute Gasteiger partial charge is 0.123 e. The number of halogens is 1. The summed E-state index contributed by atoms with van der Waals surface area (Å²) in [5.74, 6) is -0.198. The monoisotopic (exact) mass is 273 g/mol. The number of benzene rings is 1. The average Bonchev–Trinajstić information content (AvgIpc) is 2.85. The Labute approximate surface area is 119 Å². The van der Waals surface area contributed by atoms with Crippen molar-refractivity contribution in [2.24, 2.45) is 7.05 Å². The standard InChI is InChI=1S/C16H20FN3/c1-19(11-9-15-12-18-20(2)13-15)10-3-4-14-5-7-16(17)8-6-14/h3-8,12-13H,9-11H2,1-2H3/b4-3+. The number of hydrogen-bond acceptors (Lipinski definition) is 2. The molecule has 0 amide bonds. The minimum atomic E-state index is -0.198. The maximum Gasteiger partial charge on any atom is 0.123 e. The van der Waals surface area contributed by atoms with E-state index in [-0.39, 0.29) is 5.82 Å². The molecule has 0 radical (unpaired) electrons. The Hall–Kier alpha value is -1.94. The molecule has 0 spiro atoms. The van der Waals surface area contributed by atoms with Crippen LogP contribution in [0.4, 0.5) is 4.39 Å². The van der Waals surface area contributed by atoms with Crippen molar-refractivity contribution in [3.8, 4) is 0 Å². The van der Waals surface area contributed by atoms with E-state index in [2.05, 4.69) is 23.1 Å². The molecule has 4 heteroatoms. The van der Waals surface area contributed by atoms with E-state index in [4.69, 9.17) is 0 Å². The third kappa shape index (κ3) is 4.63. The fourth-order valence-electron chi connectivity index (χ4n) is 1.95. The zero-order chi connectivity index (χ0) is 14.4. The van der Waals surface area contributed by atoms with E-state index in [0.29, 0.717) is 0 Å². The Bertz CT molecular complexity index is 557. The third-order valence-electron chi connectivity index (χ3n) is 3.14. The van der Waals surface area contributed by atoms with E-state index in [1.54, 1.807) is 12.1 Å². The van der Waals surface area contributed by atoms with Crippen LogP contribution in [0.25, 0.3) is 6.08 Å². The molecular weight excluding hydrogens is 253 g/mol. The molecule has 0 aliphatic carbocycles. The van der Waals surface area contributed by atoms with Gasteiger partial charge in [0.25, 0.3) is 0 Å². The van der Waals surface area contributed by atoms with E-state index >= 15 is 0 Å². The number of likely N-dealkylation sites (N-methyl/N-ethyl adjacent to an activating group) is 1. The molecule has 0 N–H and O–H groups in total. The van der Waals surface area contributed by atoms with Crippen LogP contribution in [0.5, 0.6) is 0 Å². The molecule has 2 rings (SSSR count). The summed E-state index contributed by atoms with van der Waals surface area (Å²) in [6, 6.07) is 6.51. The van der Waals surface area contributed by atoms with Gasteiger partial charge in [0, 0.05) is 26.3 Å². The molecule has 106 valence electrons. The Morgan fingerprint density at radius 3 is 2.70 bits per heavy atom. The summed E-state index contributed by atoms with van der Waals surface area (Å²) < 4.78 is 14.6. The second kappa shape index (κ2) is 7.01. The van der Waals surface area contributed by atoms with Gasteiger partial charge in [0.2, 0.25) is 0 Å². The fraction of sp³-hybridized carbons (Fsp3) is 0.312. The summed E-state index contributed by atoms with van der Waals surface area (Å²) in [5.41, 5.74) is 2.27. The van der Waals surface area contributed by atoms with E-state index < -0.39 is 0 Å². The highest BCUT2D eigenvalue weighted by molar-refractivity contribution is 5.48.